The van der Waals surface area contributed by atoms with E-state index >= 15 is 0 Å². The van der Waals surface area contributed by atoms with Crippen molar-refractivity contribution in [3.8, 4) is 0 Å². The molecule has 1 atom stereocenters. The maximum absolute atomic E-state index is 5.58. The van der Waals surface area contributed by atoms with Crippen molar-refractivity contribution in [3.05, 3.63) is 11.5 Å². The summed E-state index contributed by atoms with van der Waals surface area (Å²) >= 11 is 0. The summed E-state index contributed by atoms with van der Waals surface area (Å²) in [6.07, 6.45) is 1.07. The molecule has 2 N–H and O–H groups in total. The Bertz CT molecular complexity index is 125. The van der Waals surface area contributed by atoms with Crippen LogP contribution in [0.3, 0.4) is 0 Å². The van der Waals surface area contributed by atoms with E-state index < -0.39 is 0 Å². The zero-order chi connectivity index (χ0) is 8.15. The molecule has 0 spiro atoms. The topological polar surface area (TPSA) is 35.2 Å². The Kier molecular flexibility index (Phi) is 3.93. The highest BCUT2D eigenvalue weighted by Gasteiger charge is 2.07. The van der Waals surface area contributed by atoms with Crippen LogP contribution in [-0.4, -0.2) is 7.11 Å². The van der Waals surface area contributed by atoms with E-state index in [1.54, 1.807) is 7.11 Å². The summed E-state index contributed by atoms with van der Waals surface area (Å²) in [4.78, 5) is 0. The molecule has 0 bridgehead atoms. The maximum atomic E-state index is 5.58. The molecule has 0 heterocycles. The molecule has 10 heavy (non-hydrogen) atoms. The second kappa shape index (κ2) is 4.20. The van der Waals surface area contributed by atoms with Crippen molar-refractivity contribution < 1.29 is 4.74 Å². The molecule has 0 amide bonds. The normalized spacial score (nSPS) is 16.0. The van der Waals surface area contributed by atoms with Gasteiger partial charge < -0.3 is 10.5 Å². The summed E-state index contributed by atoms with van der Waals surface area (Å²) in [5.74, 6) is 1.36. The van der Waals surface area contributed by atoms with Crippen molar-refractivity contribution in [2.45, 2.75) is 27.2 Å². The van der Waals surface area contributed by atoms with Gasteiger partial charge in [-0.3, -0.25) is 0 Å². The third kappa shape index (κ3) is 2.29. The standard InChI is InChI=1S/C8H17NO/c1-5-6(2)8(10-4)7(3)9/h6H,5,9H2,1-4H3/b8-7-/t6-/m1/s1. The van der Waals surface area contributed by atoms with Crippen LogP contribution in [0.15, 0.2) is 11.5 Å². The molecule has 0 unspecified atom stereocenters. The highest BCUT2D eigenvalue weighted by Crippen LogP contribution is 2.15. The molecular formula is C8H17NO. The Morgan fingerprint density at radius 3 is 2.20 bits per heavy atom. The minimum atomic E-state index is 0.440. The fraction of sp³-hybridized carbons (Fsp3) is 0.750. The number of hydrogen-bond donors (Lipinski definition) is 1. The van der Waals surface area contributed by atoms with Gasteiger partial charge in [-0.05, 0) is 13.3 Å². The monoisotopic (exact) mass is 143 g/mol. The van der Waals surface area contributed by atoms with Gasteiger partial charge in [0.15, 0.2) is 0 Å². The van der Waals surface area contributed by atoms with Crippen LogP contribution in [0.25, 0.3) is 0 Å². The third-order valence-corrected chi connectivity index (χ3v) is 1.67. The predicted molar refractivity (Wildman–Crippen MR) is 43.4 cm³/mol. The minimum Gasteiger partial charge on any atom is -0.499 e. The molecule has 0 aliphatic carbocycles. The second-order valence-electron chi connectivity index (χ2n) is 2.56. The highest BCUT2D eigenvalue weighted by atomic mass is 16.5. The number of nitrogens with two attached hydrogens (primary N) is 1. The van der Waals surface area contributed by atoms with Crippen molar-refractivity contribution in [2.75, 3.05) is 7.11 Å². The molecule has 2 heteroatoms. The zero-order valence-corrected chi connectivity index (χ0v) is 7.27. The first-order valence-corrected chi connectivity index (χ1v) is 3.63. The first-order chi connectivity index (χ1) is 4.63. The Hall–Kier alpha value is -0.660. The second-order valence-corrected chi connectivity index (χ2v) is 2.56. The van der Waals surface area contributed by atoms with E-state index in [2.05, 4.69) is 13.8 Å². The van der Waals surface area contributed by atoms with Crippen molar-refractivity contribution in [2.24, 2.45) is 11.7 Å². The van der Waals surface area contributed by atoms with E-state index in [1.807, 2.05) is 6.92 Å². The van der Waals surface area contributed by atoms with Crippen LogP contribution >= 0.6 is 0 Å². The van der Waals surface area contributed by atoms with Gasteiger partial charge in [0.05, 0.1) is 7.11 Å². The van der Waals surface area contributed by atoms with E-state index in [9.17, 15) is 0 Å². The van der Waals surface area contributed by atoms with Crippen LogP contribution < -0.4 is 5.73 Å². The number of allylic oxidation sites excluding steroid dienone is 2. The van der Waals surface area contributed by atoms with Crippen molar-refractivity contribution >= 4 is 0 Å². The van der Waals surface area contributed by atoms with E-state index in [-0.39, 0.29) is 0 Å². The van der Waals surface area contributed by atoms with Gasteiger partial charge in [0.1, 0.15) is 5.76 Å². The first-order valence-electron chi connectivity index (χ1n) is 3.63. The highest BCUT2D eigenvalue weighted by molar-refractivity contribution is 5.03. The van der Waals surface area contributed by atoms with Crippen LogP contribution in [-0.2, 0) is 4.74 Å². The van der Waals surface area contributed by atoms with Gasteiger partial charge in [-0.1, -0.05) is 13.8 Å². The summed E-state index contributed by atoms with van der Waals surface area (Å²) < 4.78 is 5.12. The fourth-order valence-corrected chi connectivity index (χ4v) is 0.936. The average molecular weight is 143 g/mol. The summed E-state index contributed by atoms with van der Waals surface area (Å²) in [5, 5.41) is 0. The lowest BCUT2D eigenvalue weighted by Gasteiger charge is -2.13. The minimum absolute atomic E-state index is 0.440. The smallest absolute Gasteiger partial charge is 0.117 e. The lowest BCUT2D eigenvalue weighted by atomic mass is 10.1. The van der Waals surface area contributed by atoms with E-state index in [1.165, 1.54) is 0 Å². The molecule has 0 aliphatic heterocycles. The molecule has 0 rings (SSSR count). The number of rotatable bonds is 3. The van der Waals surface area contributed by atoms with Crippen LogP contribution in [0.2, 0.25) is 0 Å². The van der Waals surface area contributed by atoms with Gasteiger partial charge in [0, 0.05) is 11.6 Å². The molecule has 0 aromatic carbocycles. The maximum Gasteiger partial charge on any atom is 0.117 e. The Balaban J connectivity index is 4.21. The molecule has 0 saturated carbocycles. The SMILES string of the molecule is CC[C@@H](C)/C(OC)=C(\C)N. The van der Waals surface area contributed by atoms with E-state index in [4.69, 9.17) is 10.5 Å². The molecule has 0 aromatic heterocycles. The molecule has 0 radical (unpaired) electrons. The lowest BCUT2D eigenvalue weighted by Crippen LogP contribution is -2.07. The van der Waals surface area contributed by atoms with Crippen molar-refractivity contribution in [1.29, 1.82) is 0 Å². The number of ether oxygens (including phenoxy) is 1. The van der Waals surface area contributed by atoms with Crippen molar-refractivity contribution in [1.82, 2.24) is 0 Å². The summed E-state index contributed by atoms with van der Waals surface area (Å²) in [6.45, 7) is 6.09. The summed E-state index contributed by atoms with van der Waals surface area (Å²) in [6, 6.07) is 0. The molecule has 0 aliphatic rings. The average Bonchev–Trinajstić information content (AvgIpc) is 1.88. The van der Waals surface area contributed by atoms with Gasteiger partial charge >= 0.3 is 0 Å². The third-order valence-electron chi connectivity index (χ3n) is 1.67. The molecule has 60 valence electrons. The zero-order valence-electron chi connectivity index (χ0n) is 7.27. The lowest BCUT2D eigenvalue weighted by molar-refractivity contribution is 0.239. The Morgan fingerprint density at radius 2 is 2.10 bits per heavy atom. The Labute approximate surface area is 63.1 Å². The Morgan fingerprint density at radius 1 is 1.60 bits per heavy atom. The number of methoxy groups -OCH3 is 1. The first kappa shape index (κ1) is 9.34. The fourth-order valence-electron chi connectivity index (χ4n) is 0.936. The largest absolute Gasteiger partial charge is 0.499 e. The molecule has 2 nitrogen and oxygen atoms in total. The summed E-state index contributed by atoms with van der Waals surface area (Å²) in [7, 11) is 1.66. The van der Waals surface area contributed by atoms with Crippen LogP contribution in [0.4, 0.5) is 0 Å². The molecule has 0 aromatic rings. The predicted octanol–water partition coefficient (Wildman–Crippen LogP) is 1.87. The number of hydrogen-bond acceptors (Lipinski definition) is 2. The van der Waals surface area contributed by atoms with E-state index in [0.717, 1.165) is 17.9 Å². The summed E-state index contributed by atoms with van der Waals surface area (Å²) in [5.41, 5.74) is 6.37. The molecule has 0 fully saturated rings. The van der Waals surface area contributed by atoms with E-state index in [0.29, 0.717) is 5.92 Å². The van der Waals surface area contributed by atoms with Gasteiger partial charge in [0.2, 0.25) is 0 Å². The van der Waals surface area contributed by atoms with Gasteiger partial charge in [-0.25, -0.2) is 0 Å². The molecule has 0 saturated heterocycles. The van der Waals surface area contributed by atoms with Crippen LogP contribution in [0, 0.1) is 5.92 Å². The van der Waals surface area contributed by atoms with Gasteiger partial charge in [0.25, 0.3) is 0 Å². The van der Waals surface area contributed by atoms with Crippen LogP contribution in [0.5, 0.6) is 0 Å². The van der Waals surface area contributed by atoms with Gasteiger partial charge in [-0.2, -0.15) is 0 Å². The van der Waals surface area contributed by atoms with Gasteiger partial charge in [-0.15, -0.1) is 0 Å². The van der Waals surface area contributed by atoms with Crippen molar-refractivity contribution in [3.63, 3.8) is 0 Å². The van der Waals surface area contributed by atoms with Crippen LogP contribution in [0.1, 0.15) is 27.2 Å². The molecular weight excluding hydrogens is 126 g/mol. The quantitative estimate of drug-likeness (QED) is 0.612.